The monoisotopic (exact) mass is 396 g/mol. The van der Waals surface area contributed by atoms with Crippen LogP contribution in [-0.2, 0) is 21.6 Å². The molecule has 3 aliphatic carbocycles. The van der Waals surface area contributed by atoms with Crippen LogP contribution in [0.1, 0.15) is 30.4 Å². The van der Waals surface area contributed by atoms with Crippen molar-refractivity contribution in [3.05, 3.63) is 75.8 Å². The maximum atomic E-state index is 12.1. The molecule has 0 heterocycles. The van der Waals surface area contributed by atoms with Crippen molar-refractivity contribution in [1.29, 1.82) is 0 Å². The van der Waals surface area contributed by atoms with E-state index in [0.29, 0.717) is 19.3 Å². The summed E-state index contributed by atoms with van der Waals surface area (Å²) in [6.45, 7) is 0.0682. The van der Waals surface area contributed by atoms with Gasteiger partial charge >= 0.3 is 12.1 Å². The highest BCUT2D eigenvalue weighted by Gasteiger charge is 2.72. The van der Waals surface area contributed by atoms with Crippen molar-refractivity contribution >= 4 is 17.7 Å². The number of ether oxygens (including phenoxy) is 1. The molecule has 2 bridgehead atoms. The Labute approximate surface area is 166 Å². The topological polar surface area (TPSA) is 119 Å². The zero-order valence-electron chi connectivity index (χ0n) is 15.5. The molecule has 1 amide bonds. The van der Waals surface area contributed by atoms with E-state index in [1.165, 1.54) is 12.1 Å². The fraction of sp³-hybridized carbons (Fsp3) is 0.333. The Morgan fingerprint density at radius 1 is 1.10 bits per heavy atom. The summed E-state index contributed by atoms with van der Waals surface area (Å²) in [7, 11) is 0. The number of nitro benzene ring substituents is 1. The fourth-order valence-corrected chi connectivity index (χ4v) is 4.77. The molecule has 29 heavy (non-hydrogen) atoms. The highest BCUT2D eigenvalue weighted by atomic mass is 16.6. The van der Waals surface area contributed by atoms with Gasteiger partial charge in [0.05, 0.1) is 4.92 Å². The fourth-order valence-electron chi connectivity index (χ4n) is 4.77. The number of aliphatic carboxylic acids is 1. The van der Waals surface area contributed by atoms with Crippen molar-refractivity contribution in [2.75, 3.05) is 0 Å². The van der Waals surface area contributed by atoms with Gasteiger partial charge in [-0.15, -0.1) is 0 Å². The number of hydrogen-bond acceptors (Lipinski definition) is 5. The number of nitrogens with one attached hydrogen (secondary N) is 1. The molecule has 3 saturated carbocycles. The lowest BCUT2D eigenvalue weighted by molar-refractivity contribution is -0.384. The van der Waals surface area contributed by atoms with E-state index in [4.69, 9.17) is 4.74 Å². The molecular weight excluding hydrogens is 376 g/mol. The lowest BCUT2D eigenvalue weighted by Crippen LogP contribution is -2.73. The smallest absolute Gasteiger partial charge is 0.408 e. The Morgan fingerprint density at radius 2 is 1.72 bits per heavy atom. The Bertz CT molecular complexity index is 937. The van der Waals surface area contributed by atoms with E-state index in [1.54, 1.807) is 12.1 Å². The molecule has 5 rings (SSSR count). The predicted molar refractivity (Wildman–Crippen MR) is 102 cm³/mol. The van der Waals surface area contributed by atoms with Crippen molar-refractivity contribution in [3.63, 3.8) is 0 Å². The molecule has 150 valence electrons. The van der Waals surface area contributed by atoms with Gasteiger partial charge in [0.25, 0.3) is 5.69 Å². The normalized spacial score (nSPS) is 25.1. The minimum absolute atomic E-state index is 0.0290. The van der Waals surface area contributed by atoms with E-state index in [-0.39, 0.29) is 17.7 Å². The average Bonchev–Trinajstić information content (AvgIpc) is 2.64. The number of nitrogens with zero attached hydrogens (tertiary/aromatic N) is 1. The molecular formula is C21H20N2O6. The lowest BCUT2D eigenvalue weighted by atomic mass is 9.31. The Kier molecular flexibility index (Phi) is 4.49. The van der Waals surface area contributed by atoms with Crippen LogP contribution in [0.15, 0.2) is 54.6 Å². The Morgan fingerprint density at radius 3 is 2.28 bits per heavy atom. The Hall–Kier alpha value is -3.42. The summed E-state index contributed by atoms with van der Waals surface area (Å²) in [6.07, 6.45) is 1.10. The van der Waals surface area contributed by atoms with Gasteiger partial charge in [0, 0.05) is 17.5 Å². The van der Waals surface area contributed by atoms with Gasteiger partial charge in [-0.2, -0.15) is 0 Å². The number of carbonyl (C=O) groups is 2. The molecule has 0 aliphatic heterocycles. The van der Waals surface area contributed by atoms with Crippen molar-refractivity contribution in [2.24, 2.45) is 5.41 Å². The molecule has 8 nitrogen and oxygen atoms in total. The van der Waals surface area contributed by atoms with Crippen molar-refractivity contribution in [2.45, 2.75) is 37.3 Å². The van der Waals surface area contributed by atoms with Crippen LogP contribution in [0.4, 0.5) is 10.5 Å². The lowest BCUT2D eigenvalue weighted by Gasteiger charge is -2.72. The van der Waals surface area contributed by atoms with Gasteiger partial charge < -0.3 is 15.2 Å². The highest BCUT2D eigenvalue weighted by molar-refractivity contribution is 5.82. The summed E-state index contributed by atoms with van der Waals surface area (Å²) < 4.78 is 5.16. The van der Waals surface area contributed by atoms with Gasteiger partial charge in [-0.3, -0.25) is 10.1 Å². The number of carboxylic acid groups (broad SMARTS) is 1. The summed E-state index contributed by atoms with van der Waals surface area (Å²) in [5.41, 5.74) is 1.16. The van der Waals surface area contributed by atoms with Crippen LogP contribution in [0.2, 0.25) is 0 Å². The maximum absolute atomic E-state index is 12.1. The molecule has 1 atom stereocenters. The third kappa shape index (κ3) is 3.30. The van der Waals surface area contributed by atoms with Crippen molar-refractivity contribution in [3.8, 4) is 0 Å². The van der Waals surface area contributed by atoms with Gasteiger partial charge in [-0.05, 0) is 35.8 Å². The van der Waals surface area contributed by atoms with E-state index in [2.05, 4.69) is 5.32 Å². The molecule has 2 aromatic carbocycles. The van der Waals surface area contributed by atoms with Crippen LogP contribution in [0, 0.1) is 15.5 Å². The molecule has 2 N–H and O–H groups in total. The second-order valence-corrected chi connectivity index (χ2v) is 7.95. The molecule has 0 saturated heterocycles. The second-order valence-electron chi connectivity index (χ2n) is 7.95. The number of benzene rings is 2. The Balaban J connectivity index is 1.37. The number of non-ortho nitro benzene ring substituents is 1. The quantitative estimate of drug-likeness (QED) is 0.547. The SMILES string of the molecule is O=C(NC(C(=O)O)C12CC(c3ccc([N+](=O)[O-])cc3)(C1)C2)OCc1ccccc1. The first-order chi connectivity index (χ1) is 13.8. The molecule has 8 heteroatoms. The van der Waals surface area contributed by atoms with Gasteiger partial charge in [0.1, 0.15) is 12.6 Å². The van der Waals surface area contributed by atoms with Crippen LogP contribution in [-0.4, -0.2) is 28.1 Å². The van der Waals surface area contributed by atoms with Crippen LogP contribution in [0.25, 0.3) is 0 Å². The van der Waals surface area contributed by atoms with E-state index >= 15 is 0 Å². The summed E-state index contributed by atoms with van der Waals surface area (Å²) >= 11 is 0. The number of nitro groups is 1. The van der Waals surface area contributed by atoms with Gasteiger partial charge in [-0.25, -0.2) is 9.59 Å². The minimum Gasteiger partial charge on any atom is -0.480 e. The summed E-state index contributed by atoms with van der Waals surface area (Å²) in [5, 5.41) is 23.0. The zero-order chi connectivity index (χ0) is 20.6. The van der Waals surface area contributed by atoms with Crippen molar-refractivity contribution in [1.82, 2.24) is 5.32 Å². The number of amides is 1. The molecule has 0 spiro atoms. The van der Waals surface area contributed by atoms with E-state index in [0.717, 1.165) is 11.1 Å². The van der Waals surface area contributed by atoms with Gasteiger partial charge in [-0.1, -0.05) is 42.5 Å². The van der Waals surface area contributed by atoms with E-state index in [9.17, 15) is 24.8 Å². The number of rotatable bonds is 7. The molecule has 3 fully saturated rings. The minimum atomic E-state index is -1.08. The molecule has 2 aromatic rings. The summed E-state index contributed by atoms with van der Waals surface area (Å²) in [6, 6.07) is 14.5. The first-order valence-electron chi connectivity index (χ1n) is 9.29. The average molecular weight is 396 g/mol. The molecule has 3 aliphatic rings. The van der Waals surface area contributed by atoms with Crippen LogP contribution in [0.5, 0.6) is 0 Å². The highest BCUT2D eigenvalue weighted by Crippen LogP contribution is 2.75. The number of carbonyl (C=O) groups excluding carboxylic acids is 1. The third-order valence-electron chi connectivity index (χ3n) is 6.10. The van der Waals surface area contributed by atoms with Gasteiger partial charge in [0.2, 0.25) is 0 Å². The van der Waals surface area contributed by atoms with Crippen LogP contribution < -0.4 is 5.32 Å². The summed E-state index contributed by atoms with van der Waals surface area (Å²) in [5.74, 6) is -1.08. The van der Waals surface area contributed by atoms with Crippen molar-refractivity contribution < 1.29 is 24.4 Å². The van der Waals surface area contributed by atoms with Gasteiger partial charge in [0.15, 0.2) is 0 Å². The summed E-state index contributed by atoms with van der Waals surface area (Å²) in [4.78, 5) is 34.3. The first-order valence-corrected chi connectivity index (χ1v) is 9.29. The van der Waals surface area contributed by atoms with Crippen LogP contribution >= 0.6 is 0 Å². The van der Waals surface area contributed by atoms with E-state index < -0.39 is 28.4 Å². The molecule has 0 radical (unpaired) electrons. The number of alkyl carbamates (subject to hydrolysis) is 1. The van der Waals surface area contributed by atoms with E-state index in [1.807, 2.05) is 30.3 Å². The molecule has 0 aromatic heterocycles. The third-order valence-corrected chi connectivity index (χ3v) is 6.10. The number of hydrogen-bond donors (Lipinski definition) is 2. The largest absolute Gasteiger partial charge is 0.480 e. The zero-order valence-corrected chi connectivity index (χ0v) is 15.5. The van der Waals surface area contributed by atoms with Crippen LogP contribution in [0.3, 0.4) is 0 Å². The number of carboxylic acids is 1. The second kappa shape index (κ2) is 6.88. The first kappa shape index (κ1) is 18.9. The maximum Gasteiger partial charge on any atom is 0.408 e. The standard InChI is InChI=1S/C21H20N2O6/c24-18(25)17(22-19(26)29-10-14-4-2-1-3-5-14)21-11-20(12-21,13-21)15-6-8-16(9-7-15)23(27)28/h1-9,17H,10-13H2,(H,22,26)(H,24,25). The molecule has 1 unspecified atom stereocenters. The predicted octanol–water partition coefficient (Wildman–Crippen LogP) is 3.40.